The quantitative estimate of drug-likeness (QED) is 0.419. The van der Waals surface area contributed by atoms with Gasteiger partial charge >= 0.3 is 5.97 Å². The van der Waals surface area contributed by atoms with Crippen LogP contribution >= 0.6 is 0 Å². The number of nitrogens with one attached hydrogen (secondary N) is 1. The number of nitro benzene ring substituents is 1. The van der Waals surface area contributed by atoms with Crippen molar-refractivity contribution in [3.63, 3.8) is 0 Å². The number of rotatable bonds is 7. The molecule has 0 fully saturated rings. The molecule has 2 aromatic carbocycles. The van der Waals surface area contributed by atoms with Crippen LogP contribution in [-0.4, -0.2) is 42.0 Å². The first kappa shape index (κ1) is 20.8. The third-order valence-corrected chi connectivity index (χ3v) is 4.38. The molecule has 10 heteroatoms. The van der Waals surface area contributed by atoms with Gasteiger partial charge in [-0.15, -0.1) is 0 Å². The summed E-state index contributed by atoms with van der Waals surface area (Å²) in [6, 6.07) is 12.6. The zero-order valence-corrected chi connectivity index (χ0v) is 16.1. The molecule has 1 aliphatic rings. The van der Waals surface area contributed by atoms with Crippen molar-refractivity contribution < 1.29 is 28.8 Å². The van der Waals surface area contributed by atoms with Gasteiger partial charge < -0.3 is 19.7 Å². The van der Waals surface area contributed by atoms with Crippen LogP contribution in [0.3, 0.4) is 0 Å². The van der Waals surface area contributed by atoms with Crippen LogP contribution in [-0.2, 0) is 19.1 Å². The number of ether oxygens (including phenoxy) is 2. The summed E-state index contributed by atoms with van der Waals surface area (Å²) in [5.74, 6) is -1.13. The fourth-order valence-electron chi connectivity index (χ4n) is 2.88. The molecule has 10 nitrogen and oxygen atoms in total. The second-order valence-corrected chi connectivity index (χ2v) is 6.45. The first-order valence-corrected chi connectivity index (χ1v) is 9.13. The van der Waals surface area contributed by atoms with E-state index < -0.39 is 22.9 Å². The molecule has 156 valence electrons. The van der Waals surface area contributed by atoms with Gasteiger partial charge in [0.25, 0.3) is 17.5 Å². The Labute approximate surface area is 171 Å². The van der Waals surface area contributed by atoms with E-state index in [1.807, 2.05) is 0 Å². The van der Waals surface area contributed by atoms with Gasteiger partial charge in [0.05, 0.1) is 17.0 Å². The number of fused-ring (bicyclic) bond motifs is 1. The van der Waals surface area contributed by atoms with E-state index in [9.17, 15) is 24.5 Å². The molecule has 0 bridgehead atoms. The lowest BCUT2D eigenvalue weighted by Gasteiger charge is -2.29. The zero-order chi connectivity index (χ0) is 21.7. The van der Waals surface area contributed by atoms with Gasteiger partial charge in [0.1, 0.15) is 11.4 Å². The third-order valence-electron chi connectivity index (χ3n) is 4.38. The monoisotopic (exact) mass is 413 g/mol. The molecule has 0 spiro atoms. The third kappa shape index (κ3) is 4.72. The molecule has 3 rings (SSSR count). The highest BCUT2D eigenvalue weighted by Crippen LogP contribution is 2.31. The van der Waals surface area contributed by atoms with Gasteiger partial charge in [0, 0.05) is 12.6 Å². The lowest BCUT2D eigenvalue weighted by atomic mass is 10.2. The molecule has 0 radical (unpaired) electrons. The van der Waals surface area contributed by atoms with E-state index >= 15 is 0 Å². The predicted octanol–water partition coefficient (Wildman–Crippen LogP) is 2.28. The van der Waals surface area contributed by atoms with E-state index in [2.05, 4.69) is 5.32 Å². The molecule has 1 N–H and O–H groups in total. The van der Waals surface area contributed by atoms with Crippen molar-refractivity contribution in [1.29, 1.82) is 0 Å². The number of hydrogen-bond acceptors (Lipinski definition) is 7. The summed E-state index contributed by atoms with van der Waals surface area (Å²) in [7, 11) is 0. The second kappa shape index (κ2) is 9.03. The smallest absolute Gasteiger partial charge is 0.308 e. The first-order chi connectivity index (χ1) is 14.4. The Hall–Kier alpha value is -3.95. The molecule has 1 aliphatic heterocycles. The average molecular weight is 413 g/mol. The summed E-state index contributed by atoms with van der Waals surface area (Å²) in [6.45, 7) is 1.30. The SMILES string of the molecule is C[C@H](OC(=O)CCN1C(=O)COc2ccccc21)C(=O)Nc1ccccc1[N+](=O)[O-]. The number of nitrogens with zero attached hydrogens (tertiary/aromatic N) is 2. The van der Waals surface area contributed by atoms with E-state index in [1.54, 1.807) is 24.3 Å². The minimum atomic E-state index is -1.18. The van der Waals surface area contributed by atoms with Gasteiger partial charge in [0.15, 0.2) is 12.7 Å². The van der Waals surface area contributed by atoms with Crippen LogP contribution in [0.2, 0.25) is 0 Å². The molecule has 1 heterocycles. The largest absolute Gasteiger partial charge is 0.482 e. The van der Waals surface area contributed by atoms with Gasteiger partial charge in [-0.2, -0.15) is 0 Å². The minimum Gasteiger partial charge on any atom is -0.482 e. The number of carbonyl (C=O) groups excluding carboxylic acids is 3. The molecular formula is C20H19N3O7. The number of benzene rings is 2. The summed E-state index contributed by atoms with van der Waals surface area (Å²) in [4.78, 5) is 48.4. The molecule has 0 saturated heterocycles. The number of esters is 1. The summed E-state index contributed by atoms with van der Waals surface area (Å²) < 4.78 is 10.5. The Bertz CT molecular complexity index is 992. The number of anilines is 2. The molecule has 1 atom stereocenters. The molecule has 2 amide bonds. The maximum absolute atomic E-state index is 12.3. The Morgan fingerprint density at radius 2 is 1.93 bits per heavy atom. The van der Waals surface area contributed by atoms with Crippen LogP contribution < -0.4 is 15.0 Å². The van der Waals surface area contributed by atoms with Gasteiger partial charge in [-0.1, -0.05) is 24.3 Å². The maximum Gasteiger partial charge on any atom is 0.308 e. The molecule has 0 unspecified atom stereocenters. The minimum absolute atomic E-state index is 0.00548. The van der Waals surface area contributed by atoms with E-state index in [4.69, 9.17) is 9.47 Å². The molecular weight excluding hydrogens is 394 g/mol. The van der Waals surface area contributed by atoms with Crippen LogP contribution in [0.15, 0.2) is 48.5 Å². The maximum atomic E-state index is 12.3. The first-order valence-electron chi connectivity index (χ1n) is 9.13. The highest BCUT2D eigenvalue weighted by molar-refractivity contribution is 5.99. The standard InChI is InChI=1S/C20H19N3O7/c1-13(20(26)21-14-6-2-3-7-15(14)23(27)28)30-19(25)10-11-22-16-8-4-5-9-17(16)29-12-18(22)24/h2-9,13H,10-12H2,1H3,(H,21,26)/t13-/m0/s1. The van der Waals surface area contributed by atoms with Crippen molar-refractivity contribution in [3.05, 3.63) is 58.6 Å². The van der Waals surface area contributed by atoms with Gasteiger partial charge in [-0.05, 0) is 25.1 Å². The van der Waals surface area contributed by atoms with Crippen LogP contribution in [0, 0.1) is 10.1 Å². The van der Waals surface area contributed by atoms with Gasteiger partial charge in [-0.3, -0.25) is 24.5 Å². The van der Waals surface area contributed by atoms with E-state index in [0.717, 1.165) is 0 Å². The lowest BCUT2D eigenvalue weighted by molar-refractivity contribution is -0.383. The predicted molar refractivity (Wildman–Crippen MR) is 106 cm³/mol. The fraction of sp³-hybridized carbons (Fsp3) is 0.250. The Balaban J connectivity index is 1.56. The summed E-state index contributed by atoms with van der Waals surface area (Å²) in [5, 5.41) is 13.4. The van der Waals surface area contributed by atoms with Crippen molar-refractivity contribution in [1.82, 2.24) is 0 Å². The fourth-order valence-corrected chi connectivity index (χ4v) is 2.88. The normalized spacial score (nSPS) is 13.6. The Kier molecular flexibility index (Phi) is 6.26. The van der Waals surface area contributed by atoms with Crippen molar-refractivity contribution in [3.8, 4) is 5.75 Å². The van der Waals surface area contributed by atoms with E-state index in [1.165, 1.54) is 36.1 Å². The number of hydrogen-bond donors (Lipinski definition) is 1. The number of nitro groups is 1. The van der Waals surface area contributed by atoms with Crippen LogP contribution in [0.25, 0.3) is 0 Å². The highest BCUT2D eigenvalue weighted by Gasteiger charge is 2.27. The zero-order valence-electron chi connectivity index (χ0n) is 16.1. The molecule has 0 saturated carbocycles. The summed E-state index contributed by atoms with van der Waals surface area (Å²) in [5.41, 5.74) is 0.295. The average Bonchev–Trinajstić information content (AvgIpc) is 2.73. The van der Waals surface area contributed by atoms with Gasteiger partial charge in [-0.25, -0.2) is 0 Å². The van der Waals surface area contributed by atoms with Gasteiger partial charge in [0.2, 0.25) is 0 Å². The van der Waals surface area contributed by atoms with Crippen molar-refractivity contribution in [2.24, 2.45) is 0 Å². The highest BCUT2D eigenvalue weighted by atomic mass is 16.6. The Morgan fingerprint density at radius 3 is 2.70 bits per heavy atom. The molecule has 2 aromatic rings. The van der Waals surface area contributed by atoms with Crippen LogP contribution in [0.4, 0.5) is 17.1 Å². The molecule has 0 aliphatic carbocycles. The van der Waals surface area contributed by atoms with Crippen LogP contribution in [0.1, 0.15) is 13.3 Å². The number of para-hydroxylation sites is 4. The van der Waals surface area contributed by atoms with Crippen LogP contribution in [0.5, 0.6) is 5.75 Å². The summed E-state index contributed by atoms with van der Waals surface area (Å²) >= 11 is 0. The van der Waals surface area contributed by atoms with Crippen molar-refractivity contribution >= 4 is 34.8 Å². The number of amides is 2. The molecule has 30 heavy (non-hydrogen) atoms. The summed E-state index contributed by atoms with van der Waals surface area (Å²) in [6.07, 6.45) is -1.31. The second-order valence-electron chi connectivity index (χ2n) is 6.45. The molecule has 0 aromatic heterocycles. The Morgan fingerprint density at radius 1 is 1.23 bits per heavy atom. The van der Waals surface area contributed by atoms with E-state index in [0.29, 0.717) is 11.4 Å². The van der Waals surface area contributed by atoms with Crippen molar-refractivity contribution in [2.45, 2.75) is 19.4 Å². The topological polar surface area (TPSA) is 128 Å². The van der Waals surface area contributed by atoms with Crippen molar-refractivity contribution in [2.75, 3.05) is 23.4 Å². The lowest BCUT2D eigenvalue weighted by Crippen LogP contribution is -2.40. The van der Waals surface area contributed by atoms with E-state index in [-0.39, 0.29) is 36.9 Å². The number of carbonyl (C=O) groups is 3.